The third kappa shape index (κ3) is 4.88. The Hall–Kier alpha value is -3.33. The monoisotopic (exact) mass is 445 g/mol. The van der Waals surface area contributed by atoms with Crippen molar-refractivity contribution in [2.75, 3.05) is 14.1 Å². The maximum absolute atomic E-state index is 14.1. The number of hydrogen-bond acceptors (Lipinski definition) is 5. The average Bonchev–Trinajstić information content (AvgIpc) is 3.59. The van der Waals surface area contributed by atoms with Crippen molar-refractivity contribution in [3.63, 3.8) is 0 Å². The van der Waals surface area contributed by atoms with Gasteiger partial charge in [0.15, 0.2) is 0 Å². The molecule has 3 rings (SSSR count). The summed E-state index contributed by atoms with van der Waals surface area (Å²) in [6.45, 7) is 3.53. The first-order valence-corrected chi connectivity index (χ1v) is 9.90. The van der Waals surface area contributed by atoms with Crippen LogP contribution >= 0.6 is 11.6 Å². The van der Waals surface area contributed by atoms with E-state index in [0.717, 1.165) is 25.0 Å². The Kier molecular flexibility index (Phi) is 6.65. The zero-order valence-electron chi connectivity index (χ0n) is 17.0. The van der Waals surface area contributed by atoms with Crippen molar-refractivity contribution < 1.29 is 18.8 Å². The molecule has 2 aromatic heterocycles. The van der Waals surface area contributed by atoms with E-state index in [1.165, 1.54) is 31.1 Å². The fourth-order valence-corrected chi connectivity index (χ4v) is 3.48. The van der Waals surface area contributed by atoms with E-state index in [-0.39, 0.29) is 34.1 Å². The second kappa shape index (κ2) is 9.22. The maximum Gasteiger partial charge on any atom is 0.269 e. The SMILES string of the molecule is C=CC(=O)N(C1CC1)[C@@H](C(=O)NC)c1cc(Cl)nc(-c2cc(F)nc(C(=O)NC)c2)c1. The lowest BCUT2D eigenvalue weighted by Gasteiger charge is -2.30. The highest BCUT2D eigenvalue weighted by molar-refractivity contribution is 6.29. The highest BCUT2D eigenvalue weighted by Crippen LogP contribution is 2.36. The summed E-state index contributed by atoms with van der Waals surface area (Å²) in [5.41, 5.74) is 0.739. The molecule has 0 bridgehead atoms. The van der Waals surface area contributed by atoms with Gasteiger partial charge in [0, 0.05) is 31.8 Å². The number of aromatic nitrogens is 2. The van der Waals surface area contributed by atoms with E-state index in [0.29, 0.717) is 5.56 Å². The summed E-state index contributed by atoms with van der Waals surface area (Å²) < 4.78 is 14.1. The van der Waals surface area contributed by atoms with Crippen LogP contribution in [0.3, 0.4) is 0 Å². The van der Waals surface area contributed by atoms with Gasteiger partial charge in [-0.05, 0) is 42.7 Å². The number of nitrogens with one attached hydrogen (secondary N) is 2. The summed E-state index contributed by atoms with van der Waals surface area (Å²) in [6.07, 6.45) is 2.69. The number of halogens is 2. The molecule has 2 N–H and O–H groups in total. The number of rotatable bonds is 7. The lowest BCUT2D eigenvalue weighted by atomic mass is 10.0. The standard InChI is InChI=1S/C21H21ClFN5O3/c1-4-18(29)28(13-5-6-13)19(21(31)25-3)12-8-14(26-16(22)9-12)11-7-15(20(30)24-2)27-17(23)10-11/h4,7-10,13,19H,1,5-6H2,2-3H3,(H,24,30)(H,25,31)/t19-/m1/s1. The van der Waals surface area contributed by atoms with Gasteiger partial charge in [-0.2, -0.15) is 4.39 Å². The van der Waals surface area contributed by atoms with E-state index in [2.05, 4.69) is 27.2 Å². The Morgan fingerprint density at radius 2 is 1.90 bits per heavy atom. The van der Waals surface area contributed by atoms with Crippen molar-refractivity contribution in [1.82, 2.24) is 25.5 Å². The van der Waals surface area contributed by atoms with E-state index in [1.807, 2.05) is 0 Å². The van der Waals surface area contributed by atoms with Crippen molar-refractivity contribution in [3.8, 4) is 11.3 Å². The molecule has 0 aliphatic heterocycles. The predicted molar refractivity (Wildman–Crippen MR) is 113 cm³/mol. The van der Waals surface area contributed by atoms with Crippen LogP contribution in [0.4, 0.5) is 4.39 Å². The van der Waals surface area contributed by atoms with E-state index in [1.54, 1.807) is 6.07 Å². The highest BCUT2D eigenvalue weighted by atomic mass is 35.5. The van der Waals surface area contributed by atoms with Crippen molar-refractivity contribution in [1.29, 1.82) is 0 Å². The summed E-state index contributed by atoms with van der Waals surface area (Å²) in [4.78, 5) is 46.5. The second-order valence-electron chi connectivity index (χ2n) is 6.95. The fourth-order valence-electron chi connectivity index (χ4n) is 3.26. The van der Waals surface area contributed by atoms with Crippen molar-refractivity contribution in [3.05, 3.63) is 59.3 Å². The summed E-state index contributed by atoms with van der Waals surface area (Å²) in [6, 6.07) is 4.42. The van der Waals surface area contributed by atoms with Crippen LogP contribution in [0.15, 0.2) is 36.9 Å². The van der Waals surface area contributed by atoms with Gasteiger partial charge in [0.05, 0.1) is 5.69 Å². The number of nitrogens with zero attached hydrogens (tertiary/aromatic N) is 3. The minimum atomic E-state index is -0.979. The van der Waals surface area contributed by atoms with Crippen molar-refractivity contribution in [2.45, 2.75) is 24.9 Å². The third-order valence-corrected chi connectivity index (χ3v) is 5.02. The van der Waals surface area contributed by atoms with E-state index < -0.39 is 23.8 Å². The van der Waals surface area contributed by atoms with Crippen molar-refractivity contribution >= 4 is 29.3 Å². The molecular formula is C21H21ClFN5O3. The number of carbonyl (C=O) groups is 3. The minimum Gasteiger partial charge on any atom is -0.357 e. The molecule has 1 aliphatic carbocycles. The van der Waals surface area contributed by atoms with Crippen LogP contribution in [0.2, 0.25) is 5.15 Å². The highest BCUT2D eigenvalue weighted by Gasteiger charge is 2.40. The molecule has 2 heterocycles. The van der Waals surface area contributed by atoms with E-state index in [4.69, 9.17) is 11.6 Å². The summed E-state index contributed by atoms with van der Waals surface area (Å²) >= 11 is 6.22. The normalized spacial score (nSPS) is 13.8. The molecule has 0 saturated heterocycles. The summed E-state index contributed by atoms with van der Waals surface area (Å²) in [5.74, 6) is -2.24. The topological polar surface area (TPSA) is 104 Å². The van der Waals surface area contributed by atoms with Gasteiger partial charge in [0.25, 0.3) is 5.91 Å². The Morgan fingerprint density at radius 3 is 2.48 bits per heavy atom. The molecular weight excluding hydrogens is 425 g/mol. The maximum atomic E-state index is 14.1. The molecule has 1 saturated carbocycles. The summed E-state index contributed by atoms with van der Waals surface area (Å²) in [5, 5.41) is 5.00. The van der Waals surface area contributed by atoms with Gasteiger partial charge in [-0.1, -0.05) is 18.2 Å². The molecule has 0 spiro atoms. The van der Waals surface area contributed by atoms with Crippen LogP contribution in [0.1, 0.15) is 34.9 Å². The molecule has 1 atom stereocenters. The Labute approximate surface area is 183 Å². The molecule has 1 fully saturated rings. The van der Waals surface area contributed by atoms with Crippen LogP contribution in [0.25, 0.3) is 11.3 Å². The molecule has 31 heavy (non-hydrogen) atoms. The first kappa shape index (κ1) is 22.4. The number of likely N-dealkylation sites (N-methyl/N-ethyl adjacent to an activating group) is 1. The van der Waals surface area contributed by atoms with Gasteiger partial charge in [0.1, 0.15) is 16.9 Å². The quantitative estimate of drug-likeness (QED) is 0.502. The zero-order valence-corrected chi connectivity index (χ0v) is 17.7. The molecule has 10 heteroatoms. The van der Waals surface area contributed by atoms with Gasteiger partial charge in [0.2, 0.25) is 17.8 Å². The molecule has 8 nitrogen and oxygen atoms in total. The Morgan fingerprint density at radius 1 is 1.19 bits per heavy atom. The zero-order chi connectivity index (χ0) is 22.7. The fraction of sp³-hybridized carbons (Fsp3) is 0.286. The largest absolute Gasteiger partial charge is 0.357 e. The number of hydrogen-bond donors (Lipinski definition) is 2. The van der Waals surface area contributed by atoms with Crippen molar-refractivity contribution in [2.24, 2.45) is 0 Å². The first-order chi connectivity index (χ1) is 14.8. The number of amides is 3. The predicted octanol–water partition coefficient (Wildman–Crippen LogP) is 2.26. The Bertz CT molecular complexity index is 1060. The number of carbonyl (C=O) groups excluding carboxylic acids is 3. The molecule has 162 valence electrons. The lowest BCUT2D eigenvalue weighted by Crippen LogP contribution is -2.43. The Balaban J connectivity index is 2.13. The van der Waals surface area contributed by atoms with Crippen LogP contribution in [-0.2, 0) is 9.59 Å². The van der Waals surface area contributed by atoms with Crippen LogP contribution in [0, 0.1) is 5.95 Å². The molecule has 1 aliphatic rings. The van der Waals surface area contributed by atoms with Crippen LogP contribution < -0.4 is 10.6 Å². The molecule has 0 aromatic carbocycles. The van der Waals surface area contributed by atoms with Crippen LogP contribution in [-0.4, -0.2) is 52.7 Å². The second-order valence-corrected chi connectivity index (χ2v) is 7.34. The van der Waals surface area contributed by atoms with E-state index in [9.17, 15) is 18.8 Å². The molecule has 2 aromatic rings. The first-order valence-electron chi connectivity index (χ1n) is 9.52. The lowest BCUT2D eigenvalue weighted by molar-refractivity contribution is -0.137. The molecule has 0 radical (unpaired) electrons. The van der Waals surface area contributed by atoms with Crippen LogP contribution in [0.5, 0.6) is 0 Å². The van der Waals surface area contributed by atoms with Gasteiger partial charge < -0.3 is 15.5 Å². The minimum absolute atomic E-state index is 0.0434. The summed E-state index contributed by atoms with van der Waals surface area (Å²) in [7, 11) is 2.87. The third-order valence-electron chi connectivity index (χ3n) is 4.82. The molecule has 0 unspecified atom stereocenters. The smallest absolute Gasteiger partial charge is 0.269 e. The van der Waals surface area contributed by atoms with Gasteiger partial charge in [-0.3, -0.25) is 14.4 Å². The molecule has 3 amide bonds. The van der Waals surface area contributed by atoms with Gasteiger partial charge in [-0.25, -0.2) is 9.97 Å². The average molecular weight is 446 g/mol. The van der Waals surface area contributed by atoms with E-state index >= 15 is 0 Å². The van der Waals surface area contributed by atoms with Gasteiger partial charge in [-0.15, -0.1) is 0 Å². The van der Waals surface area contributed by atoms with Gasteiger partial charge >= 0.3 is 0 Å². The number of pyridine rings is 2.